The van der Waals surface area contributed by atoms with Crippen molar-refractivity contribution in [3.63, 3.8) is 0 Å². The molecule has 2 rings (SSSR count). The molecule has 0 fully saturated rings. The SMILES string of the molecule is C/C(=N\NC(=O)CCCC(=O)N/N=C(\C)c1cccc([N+](=O)[O-])c1)c1cccc([N+](=O)[O-])c1. The Labute approximate surface area is 188 Å². The highest BCUT2D eigenvalue weighted by molar-refractivity contribution is 6.00. The number of rotatable bonds is 10. The van der Waals surface area contributed by atoms with E-state index < -0.39 is 21.7 Å². The Morgan fingerprint density at radius 3 is 1.55 bits per heavy atom. The summed E-state index contributed by atoms with van der Waals surface area (Å²) in [5.41, 5.74) is 6.35. The van der Waals surface area contributed by atoms with E-state index in [2.05, 4.69) is 21.1 Å². The average molecular weight is 454 g/mol. The first-order valence-corrected chi connectivity index (χ1v) is 9.83. The first kappa shape index (κ1) is 24.8. The zero-order chi connectivity index (χ0) is 24.4. The van der Waals surface area contributed by atoms with Gasteiger partial charge in [-0.05, 0) is 20.3 Å². The van der Waals surface area contributed by atoms with E-state index in [9.17, 15) is 29.8 Å². The molecule has 2 aromatic carbocycles. The molecule has 0 aliphatic rings. The van der Waals surface area contributed by atoms with Crippen LogP contribution in [-0.4, -0.2) is 33.1 Å². The maximum Gasteiger partial charge on any atom is 0.270 e. The number of non-ortho nitro benzene ring substituents is 2. The van der Waals surface area contributed by atoms with Crippen LogP contribution < -0.4 is 10.9 Å². The highest BCUT2D eigenvalue weighted by atomic mass is 16.6. The van der Waals surface area contributed by atoms with Gasteiger partial charge in [0.05, 0.1) is 21.3 Å². The summed E-state index contributed by atoms with van der Waals surface area (Å²) in [5, 5.41) is 29.5. The van der Waals surface area contributed by atoms with Crippen molar-refractivity contribution in [2.24, 2.45) is 10.2 Å². The van der Waals surface area contributed by atoms with Crippen molar-refractivity contribution in [1.29, 1.82) is 0 Å². The van der Waals surface area contributed by atoms with Gasteiger partial charge >= 0.3 is 0 Å². The standard InChI is InChI=1S/C21H22N6O6/c1-14(16-6-3-8-18(12-16)26(30)31)22-24-20(28)10-5-11-21(29)25-23-15(2)17-7-4-9-19(13-17)27(32)33/h3-4,6-9,12-13H,5,10-11H2,1-2H3,(H,24,28)(H,25,29)/b22-14+,23-15+. The molecule has 0 saturated carbocycles. The van der Waals surface area contributed by atoms with E-state index in [1.54, 1.807) is 26.0 Å². The minimum absolute atomic E-state index is 0.0344. The fourth-order valence-corrected chi connectivity index (χ4v) is 2.63. The molecule has 0 atom stereocenters. The predicted molar refractivity (Wildman–Crippen MR) is 121 cm³/mol. The van der Waals surface area contributed by atoms with E-state index in [-0.39, 0.29) is 30.6 Å². The van der Waals surface area contributed by atoms with E-state index in [0.29, 0.717) is 22.6 Å². The third-order valence-corrected chi connectivity index (χ3v) is 4.45. The monoisotopic (exact) mass is 454 g/mol. The number of carbonyl (C=O) groups excluding carboxylic acids is 2. The molecule has 2 N–H and O–H groups in total. The number of nitro groups is 2. The summed E-state index contributed by atoms with van der Waals surface area (Å²) < 4.78 is 0. The summed E-state index contributed by atoms with van der Waals surface area (Å²) in [6.07, 6.45) is 0.313. The van der Waals surface area contributed by atoms with Gasteiger partial charge in [-0.3, -0.25) is 29.8 Å². The second-order valence-corrected chi connectivity index (χ2v) is 6.93. The molecule has 0 bridgehead atoms. The van der Waals surface area contributed by atoms with Crippen molar-refractivity contribution >= 4 is 34.6 Å². The van der Waals surface area contributed by atoms with Crippen LogP contribution in [0.2, 0.25) is 0 Å². The van der Waals surface area contributed by atoms with Gasteiger partial charge in [-0.25, -0.2) is 10.9 Å². The minimum atomic E-state index is -0.518. The fraction of sp³-hybridized carbons (Fsp3) is 0.238. The first-order valence-electron chi connectivity index (χ1n) is 9.83. The summed E-state index contributed by atoms with van der Waals surface area (Å²) in [6.45, 7) is 3.21. The Hall–Kier alpha value is -4.48. The lowest BCUT2D eigenvalue weighted by atomic mass is 10.1. The summed E-state index contributed by atoms with van der Waals surface area (Å²) in [5.74, 6) is -0.826. The number of carbonyl (C=O) groups is 2. The van der Waals surface area contributed by atoms with Crippen molar-refractivity contribution in [2.75, 3.05) is 0 Å². The summed E-state index contributed by atoms with van der Waals surface area (Å²) in [4.78, 5) is 44.5. The van der Waals surface area contributed by atoms with E-state index >= 15 is 0 Å². The summed E-state index contributed by atoms with van der Waals surface area (Å²) in [6, 6.07) is 11.7. The van der Waals surface area contributed by atoms with Gasteiger partial charge < -0.3 is 0 Å². The number of amides is 2. The molecule has 2 aromatic rings. The van der Waals surface area contributed by atoms with Crippen molar-refractivity contribution < 1.29 is 19.4 Å². The predicted octanol–water partition coefficient (Wildman–Crippen LogP) is 3.05. The lowest BCUT2D eigenvalue weighted by Gasteiger charge is -2.04. The zero-order valence-electron chi connectivity index (χ0n) is 18.0. The van der Waals surface area contributed by atoms with E-state index in [1.807, 2.05) is 0 Å². The molecule has 0 spiro atoms. The number of hydrogen-bond acceptors (Lipinski definition) is 8. The van der Waals surface area contributed by atoms with E-state index in [0.717, 1.165) is 0 Å². The van der Waals surface area contributed by atoms with Gasteiger partial charge in [0.2, 0.25) is 11.8 Å². The smallest absolute Gasteiger partial charge is 0.270 e. The third kappa shape index (κ3) is 7.94. The van der Waals surface area contributed by atoms with Crippen LogP contribution in [0, 0.1) is 20.2 Å². The van der Waals surface area contributed by atoms with Gasteiger partial charge in [0.15, 0.2) is 0 Å². The Bertz CT molecular complexity index is 1040. The van der Waals surface area contributed by atoms with Gasteiger partial charge in [0.1, 0.15) is 0 Å². The van der Waals surface area contributed by atoms with Gasteiger partial charge in [-0.2, -0.15) is 10.2 Å². The summed E-state index contributed by atoms with van der Waals surface area (Å²) >= 11 is 0. The normalized spacial score (nSPS) is 11.6. The second kappa shape index (κ2) is 11.8. The van der Waals surface area contributed by atoms with Crippen molar-refractivity contribution in [1.82, 2.24) is 10.9 Å². The Kier molecular flexibility index (Phi) is 8.85. The van der Waals surface area contributed by atoms with Gasteiger partial charge in [-0.15, -0.1) is 0 Å². The molecule has 0 unspecified atom stereocenters. The molecule has 12 heteroatoms. The Morgan fingerprint density at radius 1 is 0.788 bits per heavy atom. The first-order chi connectivity index (χ1) is 15.7. The number of nitro benzene ring substituents is 2. The van der Waals surface area contributed by atoms with E-state index in [4.69, 9.17) is 0 Å². The van der Waals surface area contributed by atoms with Crippen LogP contribution in [-0.2, 0) is 9.59 Å². The Balaban J connectivity index is 1.79. The second-order valence-electron chi connectivity index (χ2n) is 6.93. The van der Waals surface area contributed by atoms with Crippen LogP contribution in [0.3, 0.4) is 0 Å². The number of hydrogen-bond donors (Lipinski definition) is 2. The molecule has 0 aliphatic heterocycles. The summed E-state index contributed by atoms with van der Waals surface area (Å²) in [7, 11) is 0. The molecule has 0 heterocycles. The van der Waals surface area contributed by atoms with Crippen LogP contribution in [0.4, 0.5) is 11.4 Å². The number of hydrazone groups is 2. The van der Waals surface area contributed by atoms with Crippen LogP contribution in [0.1, 0.15) is 44.2 Å². The molecule has 2 amide bonds. The molecule has 0 aromatic heterocycles. The van der Waals surface area contributed by atoms with Crippen molar-refractivity contribution in [3.8, 4) is 0 Å². The van der Waals surface area contributed by atoms with E-state index in [1.165, 1.54) is 36.4 Å². The highest BCUT2D eigenvalue weighted by Gasteiger charge is 2.10. The maximum atomic E-state index is 11.9. The van der Waals surface area contributed by atoms with Gasteiger partial charge in [0, 0.05) is 48.2 Å². The molecule has 0 aliphatic carbocycles. The number of nitrogens with one attached hydrogen (secondary N) is 2. The van der Waals surface area contributed by atoms with Crippen LogP contribution in [0.15, 0.2) is 58.7 Å². The van der Waals surface area contributed by atoms with Crippen molar-refractivity contribution in [2.45, 2.75) is 33.1 Å². The van der Waals surface area contributed by atoms with Crippen LogP contribution in [0.5, 0.6) is 0 Å². The molecular weight excluding hydrogens is 432 g/mol. The number of benzene rings is 2. The minimum Gasteiger partial charge on any atom is -0.273 e. The highest BCUT2D eigenvalue weighted by Crippen LogP contribution is 2.14. The molecule has 33 heavy (non-hydrogen) atoms. The van der Waals surface area contributed by atoms with Gasteiger partial charge in [0.25, 0.3) is 11.4 Å². The Morgan fingerprint density at radius 2 is 1.18 bits per heavy atom. The molecule has 12 nitrogen and oxygen atoms in total. The largest absolute Gasteiger partial charge is 0.273 e. The zero-order valence-corrected chi connectivity index (χ0v) is 18.0. The van der Waals surface area contributed by atoms with Crippen LogP contribution >= 0.6 is 0 Å². The molecular formula is C21H22N6O6. The average Bonchev–Trinajstić information content (AvgIpc) is 2.81. The molecule has 172 valence electrons. The van der Waals surface area contributed by atoms with Crippen LogP contribution in [0.25, 0.3) is 0 Å². The third-order valence-electron chi connectivity index (χ3n) is 4.45. The number of nitrogens with zero attached hydrogens (tertiary/aromatic N) is 4. The maximum absolute atomic E-state index is 11.9. The fourth-order valence-electron chi connectivity index (χ4n) is 2.63. The van der Waals surface area contributed by atoms with Gasteiger partial charge in [-0.1, -0.05) is 24.3 Å². The molecule has 0 saturated heterocycles. The lowest BCUT2D eigenvalue weighted by Crippen LogP contribution is -2.22. The van der Waals surface area contributed by atoms with Crippen molar-refractivity contribution in [3.05, 3.63) is 79.9 Å². The quantitative estimate of drug-likeness (QED) is 0.317. The lowest BCUT2D eigenvalue weighted by molar-refractivity contribution is -0.385. The molecule has 0 radical (unpaired) electrons. The topological polar surface area (TPSA) is 169 Å².